The first-order valence-electron chi connectivity index (χ1n) is 8.07. The van der Waals surface area contributed by atoms with E-state index in [0.29, 0.717) is 16.4 Å². The normalized spacial score (nSPS) is 22.6. The highest BCUT2D eigenvalue weighted by molar-refractivity contribution is 8.15. The van der Waals surface area contributed by atoms with Gasteiger partial charge in [0.15, 0.2) is 5.17 Å². The van der Waals surface area contributed by atoms with Crippen molar-refractivity contribution in [3.63, 3.8) is 0 Å². The molecule has 1 amide bonds. The molecule has 1 saturated heterocycles. The second kappa shape index (κ2) is 6.88. The molecule has 0 saturated carbocycles. The number of rotatable bonds is 4. The molecule has 0 aliphatic carbocycles. The van der Waals surface area contributed by atoms with Crippen molar-refractivity contribution in [2.45, 2.75) is 32.1 Å². The van der Waals surface area contributed by atoms with Gasteiger partial charge < -0.3 is 4.74 Å². The fourth-order valence-corrected chi connectivity index (χ4v) is 3.97. The van der Waals surface area contributed by atoms with Crippen LogP contribution in [-0.4, -0.2) is 33.8 Å². The highest BCUT2D eigenvalue weighted by Gasteiger charge is 2.46. The first kappa shape index (κ1) is 17.5. The number of hydrogen-bond acceptors (Lipinski definition) is 5. The molecule has 2 heterocycles. The van der Waals surface area contributed by atoms with Crippen LogP contribution < -0.4 is 0 Å². The van der Waals surface area contributed by atoms with Crippen LogP contribution in [0.15, 0.2) is 53.2 Å². The summed E-state index contributed by atoms with van der Waals surface area (Å²) in [5.74, 6) is -0.515. The molecule has 130 valence electrons. The molecule has 5 nitrogen and oxygen atoms in total. The number of thioether (sulfide) groups is 1. The monoisotopic (exact) mass is 356 g/mol. The third-order valence-electron chi connectivity index (χ3n) is 4.20. The topological polar surface area (TPSA) is 59.0 Å². The number of carbonyl (C=O) groups is 2. The second-order valence-electron chi connectivity index (χ2n) is 6.06. The summed E-state index contributed by atoms with van der Waals surface area (Å²) in [7, 11) is 0. The minimum Gasteiger partial charge on any atom is -0.458 e. The van der Waals surface area contributed by atoms with E-state index in [1.165, 1.54) is 17.8 Å². The Morgan fingerprint density at radius 1 is 1.36 bits per heavy atom. The van der Waals surface area contributed by atoms with E-state index < -0.39 is 12.0 Å². The summed E-state index contributed by atoms with van der Waals surface area (Å²) in [6.45, 7) is 9.32. The molecule has 25 heavy (non-hydrogen) atoms. The Kier molecular flexibility index (Phi) is 4.81. The largest absolute Gasteiger partial charge is 0.458 e. The van der Waals surface area contributed by atoms with Crippen LogP contribution in [0.3, 0.4) is 0 Å². The van der Waals surface area contributed by atoms with Gasteiger partial charge in [0.1, 0.15) is 6.61 Å². The molecule has 0 aromatic heterocycles. The van der Waals surface area contributed by atoms with Crippen LogP contribution in [0, 0.1) is 6.92 Å². The molecule has 1 aromatic carbocycles. The average molecular weight is 356 g/mol. The first-order chi connectivity index (χ1) is 11.9. The number of ether oxygens (including phenoxy) is 1. The van der Waals surface area contributed by atoms with Gasteiger partial charge in [-0.25, -0.2) is 9.79 Å². The number of fused-ring (bicyclic) bond motifs is 1. The highest BCUT2D eigenvalue weighted by atomic mass is 32.2. The number of aliphatic imine (C=N–C) groups is 1. The molecule has 1 aromatic rings. The number of aryl methyl sites for hydroxylation is 1. The SMILES string of the molecule is C=CCOC(=O)C1=C(C)N=C2S[C@H](C)C(=O)N2[C@@H]1c1ccc(C)cc1. The Morgan fingerprint density at radius 2 is 2.04 bits per heavy atom. The van der Waals surface area contributed by atoms with E-state index >= 15 is 0 Å². The number of esters is 1. The quantitative estimate of drug-likeness (QED) is 0.613. The van der Waals surface area contributed by atoms with Crippen LogP contribution >= 0.6 is 11.8 Å². The number of hydrogen-bond donors (Lipinski definition) is 0. The smallest absolute Gasteiger partial charge is 0.338 e. The second-order valence-corrected chi connectivity index (χ2v) is 7.37. The van der Waals surface area contributed by atoms with Gasteiger partial charge in [0.05, 0.1) is 22.6 Å². The van der Waals surface area contributed by atoms with Gasteiger partial charge in [-0.05, 0) is 26.3 Å². The summed E-state index contributed by atoms with van der Waals surface area (Å²) < 4.78 is 5.26. The number of amidine groups is 1. The molecule has 2 atom stereocenters. The molecule has 2 aliphatic rings. The van der Waals surface area contributed by atoms with Crippen LogP contribution in [0.4, 0.5) is 0 Å². The van der Waals surface area contributed by atoms with Gasteiger partial charge in [-0.15, -0.1) is 0 Å². The number of allylic oxidation sites excluding steroid dienone is 1. The van der Waals surface area contributed by atoms with Crippen LogP contribution in [0.5, 0.6) is 0 Å². The van der Waals surface area contributed by atoms with E-state index in [0.717, 1.165) is 11.1 Å². The van der Waals surface area contributed by atoms with E-state index in [4.69, 9.17) is 4.74 Å². The zero-order chi connectivity index (χ0) is 18.1. The van der Waals surface area contributed by atoms with Crippen molar-refractivity contribution >= 4 is 28.8 Å². The van der Waals surface area contributed by atoms with E-state index in [9.17, 15) is 9.59 Å². The number of amides is 1. The lowest BCUT2D eigenvalue weighted by Gasteiger charge is -2.33. The minimum atomic E-state index is -0.518. The van der Waals surface area contributed by atoms with Gasteiger partial charge in [-0.2, -0.15) is 0 Å². The number of carbonyl (C=O) groups excluding carboxylic acids is 2. The van der Waals surface area contributed by atoms with Crippen molar-refractivity contribution in [2.24, 2.45) is 4.99 Å². The molecule has 0 bridgehead atoms. The Bertz CT molecular complexity index is 795. The van der Waals surface area contributed by atoms with E-state index in [-0.39, 0.29) is 17.8 Å². The maximum absolute atomic E-state index is 12.7. The molecule has 0 radical (unpaired) electrons. The third-order valence-corrected chi connectivity index (χ3v) is 5.26. The average Bonchev–Trinajstić information content (AvgIpc) is 2.86. The third kappa shape index (κ3) is 3.14. The van der Waals surface area contributed by atoms with Crippen molar-refractivity contribution in [2.75, 3.05) is 6.61 Å². The Balaban J connectivity index is 2.11. The van der Waals surface area contributed by atoms with Gasteiger partial charge in [-0.1, -0.05) is 54.2 Å². The van der Waals surface area contributed by atoms with Crippen molar-refractivity contribution < 1.29 is 14.3 Å². The van der Waals surface area contributed by atoms with Crippen molar-refractivity contribution in [1.29, 1.82) is 0 Å². The lowest BCUT2D eigenvalue weighted by atomic mass is 9.93. The zero-order valence-corrected chi connectivity index (χ0v) is 15.3. The summed E-state index contributed by atoms with van der Waals surface area (Å²) >= 11 is 1.42. The molecule has 2 aliphatic heterocycles. The van der Waals surface area contributed by atoms with Crippen LogP contribution in [-0.2, 0) is 14.3 Å². The van der Waals surface area contributed by atoms with Crippen LogP contribution in [0.25, 0.3) is 0 Å². The fraction of sp³-hybridized carbons (Fsp3) is 0.316. The van der Waals surface area contributed by atoms with Gasteiger partial charge in [0.25, 0.3) is 0 Å². The Hall–Kier alpha value is -2.34. The minimum absolute atomic E-state index is 0.0455. The van der Waals surface area contributed by atoms with Gasteiger partial charge in [-0.3, -0.25) is 9.69 Å². The molecule has 3 rings (SSSR count). The Morgan fingerprint density at radius 3 is 2.68 bits per heavy atom. The maximum atomic E-state index is 12.7. The van der Waals surface area contributed by atoms with Crippen molar-refractivity contribution in [3.05, 3.63) is 59.3 Å². The van der Waals surface area contributed by atoms with Crippen LogP contribution in [0.1, 0.15) is 31.0 Å². The summed E-state index contributed by atoms with van der Waals surface area (Å²) in [5, 5.41) is 0.420. The molecule has 0 N–H and O–H groups in total. The summed E-state index contributed by atoms with van der Waals surface area (Å²) in [6.07, 6.45) is 1.52. The summed E-state index contributed by atoms with van der Waals surface area (Å²) in [6, 6.07) is 7.31. The van der Waals surface area contributed by atoms with E-state index in [1.54, 1.807) is 11.8 Å². The fourth-order valence-electron chi connectivity index (χ4n) is 2.94. The number of nitrogens with zero attached hydrogens (tertiary/aromatic N) is 2. The predicted octanol–water partition coefficient (Wildman–Crippen LogP) is 3.37. The molecular weight excluding hydrogens is 336 g/mol. The lowest BCUT2D eigenvalue weighted by Crippen LogP contribution is -2.40. The molecule has 1 fully saturated rings. The van der Waals surface area contributed by atoms with Crippen LogP contribution in [0.2, 0.25) is 0 Å². The predicted molar refractivity (Wildman–Crippen MR) is 99.1 cm³/mol. The van der Waals surface area contributed by atoms with E-state index in [1.807, 2.05) is 38.1 Å². The highest BCUT2D eigenvalue weighted by Crippen LogP contribution is 2.43. The van der Waals surface area contributed by atoms with Crippen molar-refractivity contribution in [1.82, 2.24) is 4.90 Å². The van der Waals surface area contributed by atoms with Gasteiger partial charge in [0.2, 0.25) is 5.91 Å². The standard InChI is InChI=1S/C19H20N2O3S/c1-5-10-24-18(23)15-12(3)20-19-21(17(22)13(4)25-19)16(15)14-8-6-11(2)7-9-14/h5-9,13,16H,1,10H2,2-4H3/t13-,16-/m1/s1. The number of benzene rings is 1. The molecule has 0 spiro atoms. The molecular formula is C19H20N2O3S. The van der Waals surface area contributed by atoms with Gasteiger partial charge >= 0.3 is 5.97 Å². The zero-order valence-electron chi connectivity index (χ0n) is 14.5. The summed E-state index contributed by atoms with van der Waals surface area (Å²) in [4.78, 5) is 31.5. The molecule has 0 unspecified atom stereocenters. The maximum Gasteiger partial charge on any atom is 0.338 e. The first-order valence-corrected chi connectivity index (χ1v) is 8.95. The van der Waals surface area contributed by atoms with Gasteiger partial charge in [0, 0.05) is 0 Å². The Labute approximate surface area is 151 Å². The summed E-state index contributed by atoms with van der Waals surface area (Å²) in [5.41, 5.74) is 2.96. The van der Waals surface area contributed by atoms with Crippen molar-refractivity contribution in [3.8, 4) is 0 Å². The van der Waals surface area contributed by atoms with E-state index in [2.05, 4.69) is 11.6 Å². The lowest BCUT2D eigenvalue weighted by molar-refractivity contribution is -0.139. The molecule has 6 heteroatoms.